The zero-order valence-electron chi connectivity index (χ0n) is 32.1. The van der Waals surface area contributed by atoms with E-state index in [0.717, 1.165) is 104 Å². The topological polar surface area (TPSA) is 54.0 Å². The number of halogens is 1. The van der Waals surface area contributed by atoms with E-state index in [2.05, 4.69) is 78.0 Å². The summed E-state index contributed by atoms with van der Waals surface area (Å²) in [6, 6.07) is 28.2. The van der Waals surface area contributed by atoms with E-state index >= 15 is 0 Å². The summed E-state index contributed by atoms with van der Waals surface area (Å²) < 4.78 is 24.0. The molecule has 0 amide bonds. The first-order valence-electron chi connectivity index (χ1n) is 20.1. The van der Waals surface area contributed by atoms with Gasteiger partial charge in [0.1, 0.15) is 11.5 Å². The molecule has 284 valence electrons. The van der Waals surface area contributed by atoms with Crippen LogP contribution < -0.4 is 9.47 Å². The van der Waals surface area contributed by atoms with E-state index < -0.39 is 0 Å². The van der Waals surface area contributed by atoms with E-state index in [1.165, 1.54) is 43.2 Å². The first-order valence-corrected chi connectivity index (χ1v) is 20.9. The van der Waals surface area contributed by atoms with Gasteiger partial charge in [-0.05, 0) is 140 Å². The van der Waals surface area contributed by atoms with Crippen molar-refractivity contribution in [1.82, 2.24) is 0 Å². The van der Waals surface area contributed by atoms with Crippen LogP contribution in [0.2, 0.25) is 0 Å². The van der Waals surface area contributed by atoms with Gasteiger partial charge in [-0.15, -0.1) is 0 Å². The predicted molar refractivity (Wildman–Crippen MR) is 222 cm³/mol. The molecule has 1 aliphatic carbocycles. The lowest BCUT2D eigenvalue weighted by Crippen LogP contribution is -2.45. The minimum absolute atomic E-state index is 0.260. The van der Waals surface area contributed by atoms with Crippen molar-refractivity contribution in [2.45, 2.75) is 96.8 Å². The van der Waals surface area contributed by atoms with Crippen LogP contribution >= 0.6 is 15.9 Å². The third-order valence-electron chi connectivity index (χ3n) is 10.8. The Hall–Kier alpha value is -3.89. The summed E-state index contributed by atoms with van der Waals surface area (Å²) in [7, 11) is 0. The second-order valence-electron chi connectivity index (χ2n) is 15.1. The Balaban J connectivity index is 0.994. The van der Waals surface area contributed by atoms with Crippen molar-refractivity contribution >= 4 is 21.9 Å². The molecule has 0 radical (unpaired) electrons. The molecule has 4 aromatic carbocycles. The molecular weight excluding hydrogens is 736 g/mol. The maximum atomic E-state index is 13.0. The summed E-state index contributed by atoms with van der Waals surface area (Å²) in [6.45, 7) is 8.35. The summed E-state index contributed by atoms with van der Waals surface area (Å²) in [5.41, 5.74) is 7.79. The van der Waals surface area contributed by atoms with Crippen LogP contribution in [0.25, 0.3) is 11.1 Å². The lowest BCUT2D eigenvalue weighted by molar-refractivity contribution is -0.150. The molecule has 4 aromatic rings. The normalized spacial score (nSPS) is 15.2. The molecule has 1 heterocycles. The quantitative estimate of drug-likeness (QED) is 0.0461. The van der Waals surface area contributed by atoms with Crippen LogP contribution in [0.1, 0.15) is 123 Å². The summed E-state index contributed by atoms with van der Waals surface area (Å²) in [6.07, 6.45) is 13.8. The Morgan fingerprint density at radius 3 is 2.22 bits per heavy atom. The van der Waals surface area contributed by atoms with Crippen LogP contribution in [0.5, 0.6) is 11.5 Å². The fourth-order valence-corrected chi connectivity index (χ4v) is 7.93. The number of carbonyl (C=O) groups is 1. The number of hydrogen-bond acceptors (Lipinski definition) is 5. The molecule has 6 rings (SSSR count). The van der Waals surface area contributed by atoms with Crippen LogP contribution in [0.4, 0.5) is 0 Å². The van der Waals surface area contributed by atoms with Crippen LogP contribution in [0, 0.1) is 17.3 Å². The third-order valence-corrected chi connectivity index (χ3v) is 11.3. The van der Waals surface area contributed by atoms with Gasteiger partial charge in [-0.25, -0.2) is 4.79 Å². The van der Waals surface area contributed by atoms with Crippen molar-refractivity contribution in [3.63, 3.8) is 0 Å². The molecule has 0 bridgehead atoms. The minimum Gasteiger partial charge on any atom is -0.494 e. The number of benzene rings is 4. The van der Waals surface area contributed by atoms with Crippen LogP contribution in [-0.2, 0) is 15.9 Å². The van der Waals surface area contributed by atoms with Gasteiger partial charge >= 0.3 is 5.97 Å². The lowest BCUT2D eigenvalue weighted by Gasteiger charge is -2.40. The summed E-state index contributed by atoms with van der Waals surface area (Å²) in [5, 5.41) is 0. The Bertz CT molecular complexity index is 1850. The van der Waals surface area contributed by atoms with Crippen molar-refractivity contribution in [3.8, 4) is 34.5 Å². The van der Waals surface area contributed by atoms with Gasteiger partial charge in [-0.1, -0.05) is 91.9 Å². The Morgan fingerprint density at radius 2 is 1.52 bits per heavy atom. The highest BCUT2D eigenvalue weighted by molar-refractivity contribution is 9.10. The van der Waals surface area contributed by atoms with E-state index in [0.29, 0.717) is 23.8 Å². The number of carbonyl (C=O) groups excluding carboxylic acids is 1. The van der Waals surface area contributed by atoms with E-state index in [1.54, 1.807) is 12.1 Å². The average molecular weight is 792 g/mol. The standard InChI is InChI=1S/C48H55BrO5/c1-3-12-36-29-37(31-43(49)30-36)15-16-40-17-18-42(32-46(40)39-13-8-7-9-14-39)38-19-25-45(26-20-38)54-47(50)41-21-23-44(24-22-41)53-28-11-6-5-10-27-51-33-48(4-2)34-52-35-48/h17-26,29-32,39H,3-14,27-28,33-35H2,1-2H3. The van der Waals surface area contributed by atoms with E-state index in [1.807, 2.05) is 36.4 Å². The fraction of sp³-hybridized carbons (Fsp3) is 0.438. The van der Waals surface area contributed by atoms with Gasteiger partial charge in [0.05, 0.1) is 32.0 Å². The molecule has 0 spiro atoms. The van der Waals surface area contributed by atoms with Gasteiger partial charge in [0.15, 0.2) is 0 Å². The van der Waals surface area contributed by atoms with Gasteiger partial charge in [-0.3, -0.25) is 0 Å². The van der Waals surface area contributed by atoms with Gasteiger partial charge in [-0.2, -0.15) is 0 Å². The highest BCUT2D eigenvalue weighted by Gasteiger charge is 2.36. The predicted octanol–water partition coefficient (Wildman–Crippen LogP) is 12.1. The molecule has 2 aliphatic rings. The van der Waals surface area contributed by atoms with Crippen molar-refractivity contribution in [1.29, 1.82) is 0 Å². The molecule has 0 atom stereocenters. The fourth-order valence-electron chi connectivity index (χ4n) is 7.39. The molecule has 0 N–H and O–H groups in total. The summed E-state index contributed by atoms with van der Waals surface area (Å²) in [5.74, 6) is 8.40. The van der Waals surface area contributed by atoms with Gasteiger partial charge in [0.2, 0.25) is 0 Å². The number of rotatable bonds is 17. The monoisotopic (exact) mass is 790 g/mol. The first kappa shape index (κ1) is 39.8. The van der Waals surface area contributed by atoms with E-state index in [9.17, 15) is 4.79 Å². The molecule has 0 unspecified atom stereocenters. The van der Waals surface area contributed by atoms with Crippen LogP contribution in [0.3, 0.4) is 0 Å². The van der Waals surface area contributed by atoms with Gasteiger partial charge in [0, 0.05) is 27.6 Å². The Morgan fingerprint density at radius 1 is 0.796 bits per heavy atom. The smallest absolute Gasteiger partial charge is 0.343 e. The maximum absolute atomic E-state index is 13.0. The average Bonchev–Trinajstić information content (AvgIpc) is 3.18. The number of ether oxygens (including phenoxy) is 4. The number of unbranched alkanes of at least 4 members (excludes halogenated alkanes) is 3. The zero-order chi connectivity index (χ0) is 37.6. The number of hydrogen-bond donors (Lipinski definition) is 0. The van der Waals surface area contributed by atoms with Crippen molar-refractivity contribution in [2.24, 2.45) is 5.41 Å². The SMILES string of the molecule is CCCc1cc(Br)cc(C#Cc2ccc(-c3ccc(OC(=O)c4ccc(OCCCCCCOCC5(CC)COC5)cc4)cc3)cc2C2CCCCC2)c1. The molecule has 1 aliphatic heterocycles. The summed E-state index contributed by atoms with van der Waals surface area (Å²) in [4.78, 5) is 13.0. The molecule has 5 nitrogen and oxygen atoms in total. The number of aryl methyl sites for hydroxylation is 1. The van der Waals surface area contributed by atoms with E-state index in [-0.39, 0.29) is 11.4 Å². The lowest BCUT2D eigenvalue weighted by atomic mass is 9.81. The molecular formula is C48H55BrO5. The Labute approximate surface area is 331 Å². The second-order valence-corrected chi connectivity index (χ2v) is 16.0. The second kappa shape index (κ2) is 20.1. The molecule has 1 saturated heterocycles. The largest absolute Gasteiger partial charge is 0.494 e. The third kappa shape index (κ3) is 11.3. The maximum Gasteiger partial charge on any atom is 0.343 e. The highest BCUT2D eigenvalue weighted by atomic mass is 79.9. The Kier molecular flexibility index (Phi) is 14.8. The first-order chi connectivity index (χ1) is 26.4. The van der Waals surface area contributed by atoms with Gasteiger partial charge < -0.3 is 18.9 Å². The molecule has 2 fully saturated rings. The van der Waals surface area contributed by atoms with Crippen molar-refractivity contribution in [3.05, 3.63) is 117 Å². The summed E-state index contributed by atoms with van der Waals surface area (Å²) >= 11 is 3.67. The van der Waals surface area contributed by atoms with Crippen molar-refractivity contribution < 1.29 is 23.7 Å². The van der Waals surface area contributed by atoms with Crippen molar-refractivity contribution in [2.75, 3.05) is 33.0 Å². The van der Waals surface area contributed by atoms with E-state index in [4.69, 9.17) is 18.9 Å². The minimum atomic E-state index is -0.388. The van der Waals surface area contributed by atoms with Gasteiger partial charge in [0.25, 0.3) is 0 Å². The van der Waals surface area contributed by atoms with Crippen LogP contribution in [-0.4, -0.2) is 39.0 Å². The number of esters is 1. The zero-order valence-corrected chi connectivity index (χ0v) is 33.7. The molecule has 54 heavy (non-hydrogen) atoms. The van der Waals surface area contributed by atoms with Crippen LogP contribution in [0.15, 0.2) is 89.4 Å². The highest BCUT2D eigenvalue weighted by Crippen LogP contribution is 2.37. The molecule has 1 saturated carbocycles. The molecule has 0 aromatic heterocycles. The molecule has 6 heteroatoms.